The highest BCUT2D eigenvalue weighted by Crippen LogP contribution is 2.31. The van der Waals surface area contributed by atoms with Gasteiger partial charge in [0.05, 0.1) is 29.3 Å². The topological polar surface area (TPSA) is 60.5 Å². The Morgan fingerprint density at radius 1 is 1.12 bits per heavy atom. The monoisotopic (exact) mass is 388 g/mol. The van der Waals surface area contributed by atoms with Crippen molar-refractivity contribution in [2.45, 2.75) is 6.42 Å². The molecule has 8 heteroatoms. The SMILES string of the molecule is COc1ccc(CCNC(=O)c2ncc(Cl)c(Cl)c2Cl)cc1OC. The molecule has 24 heavy (non-hydrogen) atoms. The number of aromatic nitrogens is 1. The molecule has 0 aliphatic carbocycles. The fourth-order valence-electron chi connectivity index (χ4n) is 2.04. The maximum Gasteiger partial charge on any atom is 0.271 e. The third kappa shape index (κ3) is 4.23. The summed E-state index contributed by atoms with van der Waals surface area (Å²) in [5.74, 6) is 0.867. The number of halogens is 3. The Labute approximate surface area is 154 Å². The molecule has 0 bridgehead atoms. The molecule has 0 aliphatic heterocycles. The fourth-order valence-corrected chi connectivity index (χ4v) is 2.61. The van der Waals surface area contributed by atoms with Gasteiger partial charge in [0.1, 0.15) is 5.69 Å². The molecule has 2 rings (SSSR count). The summed E-state index contributed by atoms with van der Waals surface area (Å²) < 4.78 is 10.4. The number of ether oxygens (including phenoxy) is 2. The van der Waals surface area contributed by atoms with Crippen molar-refractivity contribution in [2.75, 3.05) is 20.8 Å². The van der Waals surface area contributed by atoms with Crippen molar-refractivity contribution >= 4 is 40.7 Å². The molecule has 0 fully saturated rings. The van der Waals surface area contributed by atoms with Crippen molar-refractivity contribution in [1.82, 2.24) is 10.3 Å². The zero-order chi connectivity index (χ0) is 17.7. The average molecular weight is 390 g/mol. The van der Waals surface area contributed by atoms with Crippen LogP contribution in [0.25, 0.3) is 0 Å². The summed E-state index contributed by atoms with van der Waals surface area (Å²) in [6.45, 7) is 0.395. The smallest absolute Gasteiger partial charge is 0.271 e. The summed E-state index contributed by atoms with van der Waals surface area (Å²) in [5, 5.41) is 3.08. The molecule has 0 radical (unpaired) electrons. The van der Waals surface area contributed by atoms with E-state index in [4.69, 9.17) is 44.3 Å². The summed E-state index contributed by atoms with van der Waals surface area (Å²) in [6, 6.07) is 5.57. The van der Waals surface area contributed by atoms with E-state index in [1.54, 1.807) is 14.2 Å². The van der Waals surface area contributed by atoms with Crippen molar-refractivity contribution in [1.29, 1.82) is 0 Å². The van der Waals surface area contributed by atoms with Crippen molar-refractivity contribution in [3.8, 4) is 11.5 Å². The largest absolute Gasteiger partial charge is 0.493 e. The lowest BCUT2D eigenvalue weighted by Gasteiger charge is -2.10. The second kappa shape index (κ2) is 8.42. The molecule has 0 aliphatic rings. The first kappa shape index (κ1) is 18.6. The summed E-state index contributed by atoms with van der Waals surface area (Å²) >= 11 is 17.7. The zero-order valence-electron chi connectivity index (χ0n) is 13.0. The second-order valence-electron chi connectivity index (χ2n) is 4.78. The van der Waals surface area contributed by atoms with Gasteiger partial charge in [0.25, 0.3) is 5.91 Å². The van der Waals surface area contributed by atoms with Crippen molar-refractivity contribution in [3.05, 3.63) is 50.7 Å². The van der Waals surface area contributed by atoms with Crippen LogP contribution >= 0.6 is 34.8 Å². The number of methoxy groups -OCH3 is 2. The molecular weight excluding hydrogens is 375 g/mol. The summed E-state index contributed by atoms with van der Waals surface area (Å²) in [5.41, 5.74) is 1.03. The Morgan fingerprint density at radius 3 is 2.50 bits per heavy atom. The highest BCUT2D eigenvalue weighted by atomic mass is 35.5. The van der Waals surface area contributed by atoms with Gasteiger partial charge < -0.3 is 14.8 Å². The number of hydrogen-bond acceptors (Lipinski definition) is 4. The second-order valence-corrected chi connectivity index (χ2v) is 5.94. The standard InChI is InChI=1S/C16H15Cl3N2O3/c1-23-11-4-3-9(7-12(11)24-2)5-6-20-16(22)15-14(19)13(18)10(17)8-21-15/h3-4,7-8H,5-6H2,1-2H3,(H,20,22). The maximum absolute atomic E-state index is 12.1. The molecule has 1 aromatic heterocycles. The van der Waals surface area contributed by atoms with Gasteiger partial charge in [-0.25, -0.2) is 4.98 Å². The van der Waals surface area contributed by atoms with Crippen LogP contribution in [0.1, 0.15) is 16.1 Å². The van der Waals surface area contributed by atoms with E-state index in [1.807, 2.05) is 18.2 Å². The molecule has 0 spiro atoms. The molecule has 2 aromatic rings. The van der Waals surface area contributed by atoms with Gasteiger partial charge in [-0.3, -0.25) is 4.79 Å². The third-order valence-corrected chi connectivity index (χ3v) is 4.52. The highest BCUT2D eigenvalue weighted by Gasteiger charge is 2.16. The molecule has 0 atom stereocenters. The summed E-state index contributed by atoms with van der Waals surface area (Å²) in [4.78, 5) is 16.1. The first-order valence-electron chi connectivity index (χ1n) is 6.96. The van der Waals surface area contributed by atoms with Gasteiger partial charge in [0, 0.05) is 12.7 Å². The number of carbonyl (C=O) groups excluding carboxylic acids is 1. The van der Waals surface area contributed by atoms with E-state index in [0.717, 1.165) is 5.56 Å². The van der Waals surface area contributed by atoms with Crippen LogP contribution < -0.4 is 14.8 Å². The molecular formula is C16H15Cl3N2O3. The lowest BCUT2D eigenvalue weighted by atomic mass is 10.1. The van der Waals surface area contributed by atoms with Crippen LogP contribution in [0.4, 0.5) is 0 Å². The number of hydrogen-bond donors (Lipinski definition) is 1. The number of nitrogens with zero attached hydrogens (tertiary/aromatic N) is 1. The molecule has 5 nitrogen and oxygen atoms in total. The predicted octanol–water partition coefficient (Wildman–Crippen LogP) is 4.03. The Hall–Kier alpha value is -1.69. The van der Waals surface area contributed by atoms with Crippen LogP contribution in [0.5, 0.6) is 11.5 Å². The van der Waals surface area contributed by atoms with Gasteiger partial charge in [-0.2, -0.15) is 0 Å². The van der Waals surface area contributed by atoms with Gasteiger partial charge in [0.2, 0.25) is 0 Å². The van der Waals surface area contributed by atoms with Crippen LogP contribution in [0.3, 0.4) is 0 Å². The molecule has 0 unspecified atom stereocenters. The van der Waals surface area contributed by atoms with Crippen LogP contribution in [0.15, 0.2) is 24.4 Å². The number of amides is 1. The van der Waals surface area contributed by atoms with Crippen LogP contribution in [-0.2, 0) is 6.42 Å². The van der Waals surface area contributed by atoms with Gasteiger partial charge in [-0.15, -0.1) is 0 Å². The van der Waals surface area contributed by atoms with Gasteiger partial charge in [0.15, 0.2) is 11.5 Å². The minimum Gasteiger partial charge on any atom is -0.493 e. The lowest BCUT2D eigenvalue weighted by molar-refractivity contribution is 0.0949. The molecule has 1 amide bonds. The maximum atomic E-state index is 12.1. The molecule has 1 N–H and O–H groups in total. The first-order chi connectivity index (χ1) is 11.5. The zero-order valence-corrected chi connectivity index (χ0v) is 15.3. The van der Waals surface area contributed by atoms with E-state index in [0.29, 0.717) is 24.5 Å². The highest BCUT2D eigenvalue weighted by molar-refractivity contribution is 6.48. The Kier molecular flexibility index (Phi) is 6.54. The third-order valence-electron chi connectivity index (χ3n) is 3.28. The summed E-state index contributed by atoms with van der Waals surface area (Å²) in [6.07, 6.45) is 1.89. The Bertz CT molecular complexity index is 754. The van der Waals surface area contributed by atoms with Crippen LogP contribution in [-0.4, -0.2) is 31.7 Å². The van der Waals surface area contributed by atoms with E-state index in [1.165, 1.54) is 6.20 Å². The van der Waals surface area contributed by atoms with E-state index in [2.05, 4.69) is 10.3 Å². The van der Waals surface area contributed by atoms with Crippen molar-refractivity contribution in [2.24, 2.45) is 0 Å². The predicted molar refractivity (Wildman–Crippen MR) is 94.9 cm³/mol. The molecule has 128 valence electrons. The number of nitrogens with one attached hydrogen (secondary N) is 1. The number of benzene rings is 1. The van der Waals surface area contributed by atoms with Gasteiger partial charge in [-0.1, -0.05) is 40.9 Å². The van der Waals surface area contributed by atoms with Crippen molar-refractivity contribution < 1.29 is 14.3 Å². The number of pyridine rings is 1. The molecule has 0 saturated carbocycles. The van der Waals surface area contributed by atoms with E-state index >= 15 is 0 Å². The normalized spacial score (nSPS) is 10.4. The van der Waals surface area contributed by atoms with Crippen LogP contribution in [0.2, 0.25) is 15.1 Å². The first-order valence-corrected chi connectivity index (χ1v) is 8.10. The van der Waals surface area contributed by atoms with Crippen LogP contribution in [0, 0.1) is 0 Å². The van der Waals surface area contributed by atoms with Gasteiger partial charge in [-0.05, 0) is 24.1 Å². The minimum atomic E-state index is -0.418. The number of rotatable bonds is 6. The average Bonchev–Trinajstić information content (AvgIpc) is 2.59. The molecule has 1 aromatic carbocycles. The van der Waals surface area contributed by atoms with Crippen molar-refractivity contribution in [3.63, 3.8) is 0 Å². The Morgan fingerprint density at radius 2 is 1.83 bits per heavy atom. The van der Waals surface area contributed by atoms with E-state index < -0.39 is 5.91 Å². The van der Waals surface area contributed by atoms with Gasteiger partial charge >= 0.3 is 0 Å². The fraction of sp³-hybridized carbons (Fsp3) is 0.250. The van der Waals surface area contributed by atoms with E-state index in [9.17, 15) is 4.79 Å². The number of carbonyl (C=O) groups is 1. The summed E-state index contributed by atoms with van der Waals surface area (Å²) in [7, 11) is 3.15. The quantitative estimate of drug-likeness (QED) is 0.810. The molecule has 0 saturated heterocycles. The van der Waals surface area contributed by atoms with E-state index in [-0.39, 0.29) is 20.8 Å². The minimum absolute atomic E-state index is 0.0350. The lowest BCUT2D eigenvalue weighted by Crippen LogP contribution is -2.27. The Balaban J connectivity index is 1.99. The molecule has 1 heterocycles.